The summed E-state index contributed by atoms with van der Waals surface area (Å²) in [7, 11) is 0. The highest BCUT2D eigenvalue weighted by Crippen LogP contribution is 2.28. The van der Waals surface area contributed by atoms with E-state index in [1.165, 1.54) is 12.5 Å². The lowest BCUT2D eigenvalue weighted by molar-refractivity contribution is -0.385. The molecule has 7 nitrogen and oxygen atoms in total. The summed E-state index contributed by atoms with van der Waals surface area (Å²) in [6.07, 6.45) is 5.62. The number of hydrogen-bond donors (Lipinski definition) is 3. The van der Waals surface area contributed by atoms with E-state index in [1.54, 1.807) is 0 Å². The molecule has 1 aliphatic carbocycles. The van der Waals surface area contributed by atoms with Gasteiger partial charge in [-0.15, -0.1) is 0 Å². The molecule has 1 saturated carbocycles. The molecule has 1 amide bonds. The number of nitrogens with one attached hydrogen (secondary N) is 1. The van der Waals surface area contributed by atoms with E-state index in [0.717, 1.165) is 37.8 Å². The van der Waals surface area contributed by atoms with Crippen molar-refractivity contribution in [1.82, 2.24) is 5.32 Å². The standard InChI is InChI=1S/C15H21N3O4/c16-9-12(10-4-2-1-3-5-10)17-15(20)11-6-7-13(18(21)22)14(19)8-11/h6-8,10,12,19H,1-5,9,16H2,(H,17,20). The lowest BCUT2D eigenvalue weighted by atomic mass is 9.84. The Morgan fingerprint density at radius 3 is 2.64 bits per heavy atom. The summed E-state index contributed by atoms with van der Waals surface area (Å²) in [5.41, 5.74) is 5.54. The van der Waals surface area contributed by atoms with E-state index in [-0.39, 0.29) is 17.5 Å². The van der Waals surface area contributed by atoms with Crippen LogP contribution < -0.4 is 11.1 Å². The average molecular weight is 307 g/mol. The number of rotatable bonds is 5. The molecule has 0 bridgehead atoms. The van der Waals surface area contributed by atoms with Crippen molar-refractivity contribution in [2.45, 2.75) is 38.1 Å². The van der Waals surface area contributed by atoms with Crippen molar-refractivity contribution in [1.29, 1.82) is 0 Å². The fourth-order valence-electron chi connectivity index (χ4n) is 2.98. The van der Waals surface area contributed by atoms with Crippen molar-refractivity contribution >= 4 is 11.6 Å². The van der Waals surface area contributed by atoms with Crippen molar-refractivity contribution in [3.63, 3.8) is 0 Å². The summed E-state index contributed by atoms with van der Waals surface area (Å²) >= 11 is 0. The summed E-state index contributed by atoms with van der Waals surface area (Å²) in [6.45, 7) is 0.357. The van der Waals surface area contributed by atoms with Crippen LogP contribution in [-0.2, 0) is 0 Å². The van der Waals surface area contributed by atoms with E-state index < -0.39 is 16.4 Å². The number of nitro groups is 1. The van der Waals surface area contributed by atoms with Gasteiger partial charge >= 0.3 is 5.69 Å². The number of benzene rings is 1. The van der Waals surface area contributed by atoms with Crippen LogP contribution in [0.2, 0.25) is 0 Å². The smallest absolute Gasteiger partial charge is 0.310 e. The van der Waals surface area contributed by atoms with Crippen LogP contribution in [0.25, 0.3) is 0 Å². The Morgan fingerprint density at radius 2 is 2.09 bits per heavy atom. The minimum Gasteiger partial charge on any atom is -0.502 e. The monoisotopic (exact) mass is 307 g/mol. The number of carbonyl (C=O) groups is 1. The van der Waals surface area contributed by atoms with Gasteiger partial charge in [-0.3, -0.25) is 14.9 Å². The fourth-order valence-corrected chi connectivity index (χ4v) is 2.98. The number of hydrogen-bond acceptors (Lipinski definition) is 5. The molecule has 0 aliphatic heterocycles. The number of nitrogens with zero attached hydrogens (tertiary/aromatic N) is 1. The van der Waals surface area contributed by atoms with Crippen LogP contribution in [0.4, 0.5) is 5.69 Å². The van der Waals surface area contributed by atoms with Gasteiger partial charge in [0.05, 0.1) is 4.92 Å². The van der Waals surface area contributed by atoms with Crippen LogP contribution in [0.5, 0.6) is 5.75 Å². The molecule has 0 saturated heterocycles. The summed E-state index contributed by atoms with van der Waals surface area (Å²) < 4.78 is 0. The second-order valence-electron chi connectivity index (χ2n) is 5.67. The number of phenols is 1. The first-order valence-electron chi connectivity index (χ1n) is 7.51. The normalized spacial score (nSPS) is 17.0. The Hall–Kier alpha value is -2.15. The zero-order valence-electron chi connectivity index (χ0n) is 12.3. The van der Waals surface area contributed by atoms with Crippen LogP contribution in [0.1, 0.15) is 42.5 Å². The summed E-state index contributed by atoms with van der Waals surface area (Å²) in [5.74, 6) is -0.514. The molecule has 1 unspecified atom stereocenters. The number of aromatic hydroxyl groups is 1. The second-order valence-corrected chi connectivity index (χ2v) is 5.67. The Balaban J connectivity index is 2.07. The van der Waals surface area contributed by atoms with Gasteiger partial charge in [0, 0.05) is 24.2 Å². The predicted molar refractivity (Wildman–Crippen MR) is 81.6 cm³/mol. The Labute approximate surface area is 128 Å². The third-order valence-electron chi connectivity index (χ3n) is 4.22. The molecule has 0 spiro atoms. The van der Waals surface area contributed by atoms with Gasteiger partial charge < -0.3 is 16.2 Å². The first-order chi connectivity index (χ1) is 10.5. The topological polar surface area (TPSA) is 118 Å². The second kappa shape index (κ2) is 7.22. The largest absolute Gasteiger partial charge is 0.502 e. The van der Waals surface area contributed by atoms with Crippen LogP contribution in [-0.4, -0.2) is 28.5 Å². The van der Waals surface area contributed by atoms with Crippen LogP contribution in [0.15, 0.2) is 18.2 Å². The molecule has 22 heavy (non-hydrogen) atoms. The van der Waals surface area contributed by atoms with Gasteiger partial charge in [-0.1, -0.05) is 19.3 Å². The molecule has 1 aromatic carbocycles. The molecule has 120 valence electrons. The van der Waals surface area contributed by atoms with E-state index in [0.29, 0.717) is 12.5 Å². The Morgan fingerprint density at radius 1 is 1.41 bits per heavy atom. The van der Waals surface area contributed by atoms with E-state index >= 15 is 0 Å². The minimum atomic E-state index is -0.693. The number of nitrogens with two attached hydrogens (primary N) is 1. The molecule has 0 aromatic heterocycles. The Bertz CT molecular complexity index is 556. The Kier molecular flexibility index (Phi) is 5.32. The highest BCUT2D eigenvalue weighted by atomic mass is 16.6. The fraction of sp³-hybridized carbons (Fsp3) is 0.533. The highest BCUT2D eigenvalue weighted by Gasteiger charge is 2.25. The van der Waals surface area contributed by atoms with E-state index in [4.69, 9.17) is 5.73 Å². The van der Waals surface area contributed by atoms with Gasteiger partial charge in [0.15, 0.2) is 5.75 Å². The van der Waals surface area contributed by atoms with Crippen molar-refractivity contribution in [3.8, 4) is 5.75 Å². The molecule has 1 atom stereocenters. The van der Waals surface area contributed by atoms with Crippen molar-refractivity contribution < 1.29 is 14.8 Å². The number of phenolic OH excluding ortho intramolecular Hbond substituents is 1. The van der Waals surface area contributed by atoms with Gasteiger partial charge in [-0.25, -0.2) is 0 Å². The SMILES string of the molecule is NCC(NC(=O)c1ccc([N+](=O)[O-])c(O)c1)C1CCCCC1. The van der Waals surface area contributed by atoms with Gasteiger partial charge in [0.25, 0.3) is 5.91 Å². The zero-order chi connectivity index (χ0) is 16.1. The molecule has 1 aromatic rings. The number of amides is 1. The lowest BCUT2D eigenvalue weighted by Crippen LogP contribution is -2.45. The van der Waals surface area contributed by atoms with E-state index in [2.05, 4.69) is 5.32 Å². The molecule has 2 rings (SSSR count). The molecule has 4 N–H and O–H groups in total. The van der Waals surface area contributed by atoms with Crippen LogP contribution in [0.3, 0.4) is 0 Å². The molecule has 1 fully saturated rings. The molecular formula is C15H21N3O4. The molecule has 0 heterocycles. The summed E-state index contributed by atoms with van der Waals surface area (Å²) in [4.78, 5) is 22.2. The predicted octanol–water partition coefficient (Wildman–Crippen LogP) is 1.94. The zero-order valence-corrected chi connectivity index (χ0v) is 12.3. The summed E-state index contributed by atoms with van der Waals surface area (Å²) in [6, 6.07) is 3.47. The van der Waals surface area contributed by atoms with Crippen LogP contribution in [0, 0.1) is 16.0 Å². The molecule has 7 heteroatoms. The number of carbonyl (C=O) groups excluding carboxylic acids is 1. The van der Waals surface area contributed by atoms with Crippen LogP contribution >= 0.6 is 0 Å². The first-order valence-corrected chi connectivity index (χ1v) is 7.51. The maximum Gasteiger partial charge on any atom is 0.310 e. The van der Waals surface area contributed by atoms with Crippen molar-refractivity contribution in [2.75, 3.05) is 6.54 Å². The lowest BCUT2D eigenvalue weighted by Gasteiger charge is -2.30. The van der Waals surface area contributed by atoms with E-state index in [9.17, 15) is 20.0 Å². The molecule has 1 aliphatic rings. The van der Waals surface area contributed by atoms with Gasteiger partial charge in [0.1, 0.15) is 0 Å². The maximum atomic E-state index is 12.2. The average Bonchev–Trinajstić information content (AvgIpc) is 2.52. The number of nitro benzene ring substituents is 1. The highest BCUT2D eigenvalue weighted by molar-refractivity contribution is 5.95. The van der Waals surface area contributed by atoms with Gasteiger partial charge in [-0.05, 0) is 30.9 Å². The molecular weight excluding hydrogens is 286 g/mol. The van der Waals surface area contributed by atoms with Gasteiger partial charge in [-0.2, -0.15) is 0 Å². The van der Waals surface area contributed by atoms with Crippen molar-refractivity contribution in [2.24, 2.45) is 11.7 Å². The third kappa shape index (κ3) is 3.73. The maximum absolute atomic E-state index is 12.2. The van der Waals surface area contributed by atoms with E-state index in [1.807, 2.05) is 0 Å². The minimum absolute atomic E-state index is 0.106. The molecule has 0 radical (unpaired) electrons. The first kappa shape index (κ1) is 16.2. The third-order valence-corrected chi connectivity index (χ3v) is 4.22. The quantitative estimate of drug-likeness (QED) is 0.567. The summed E-state index contributed by atoms with van der Waals surface area (Å²) in [5, 5.41) is 23.2. The van der Waals surface area contributed by atoms with Gasteiger partial charge in [0.2, 0.25) is 0 Å². The van der Waals surface area contributed by atoms with Crippen molar-refractivity contribution in [3.05, 3.63) is 33.9 Å².